The summed E-state index contributed by atoms with van der Waals surface area (Å²) in [6.45, 7) is 1.31. The van der Waals surface area contributed by atoms with Crippen LogP contribution in [-0.4, -0.2) is 67.7 Å². The molecule has 1 aliphatic rings. The molecule has 2 aromatic heterocycles. The zero-order chi connectivity index (χ0) is 20.4. The first-order chi connectivity index (χ1) is 13.4. The van der Waals surface area contributed by atoms with Crippen LogP contribution in [0.4, 0.5) is 5.95 Å². The van der Waals surface area contributed by atoms with Crippen LogP contribution >= 0.6 is 0 Å². The second-order valence-corrected chi connectivity index (χ2v) is 6.01. The molecule has 2 aromatic rings. The Labute approximate surface area is 156 Å². The molecule has 1 fully saturated rings. The van der Waals surface area contributed by atoms with E-state index in [2.05, 4.69) is 15.0 Å². The summed E-state index contributed by atoms with van der Waals surface area (Å²) >= 11 is 0. The number of methoxy groups -OCH3 is 1. The number of nitrogens with zero attached hydrogens (tertiary/aromatic N) is 4. The molecule has 11 heteroatoms. The number of aliphatic hydroxyl groups excluding tert-OH is 2. The first kappa shape index (κ1) is 17.9. The normalized spacial score (nSPS) is 26.7. The molecule has 0 aliphatic carbocycles. The molecule has 3 heterocycles. The second-order valence-electron chi connectivity index (χ2n) is 6.01. The lowest BCUT2D eigenvalue weighted by atomic mass is 10.1. The molecular formula is C16H23N5O6. The molecule has 0 aromatic carbocycles. The fourth-order valence-corrected chi connectivity index (χ4v) is 2.92. The van der Waals surface area contributed by atoms with Gasteiger partial charge in [0.15, 0.2) is 23.5 Å². The minimum absolute atomic E-state index is 0.0584. The Kier molecular flexibility index (Phi) is 5.32. The van der Waals surface area contributed by atoms with Gasteiger partial charge in [-0.2, -0.15) is 9.97 Å². The molecule has 5 atom stereocenters. The van der Waals surface area contributed by atoms with Crippen molar-refractivity contribution in [3.8, 4) is 5.88 Å². The number of carbonyl (C=O) groups is 1. The summed E-state index contributed by atoms with van der Waals surface area (Å²) in [5, 5.41) is 19.9. The van der Waals surface area contributed by atoms with Gasteiger partial charge < -0.3 is 30.2 Å². The largest absolute Gasteiger partial charge is 0.479 e. The maximum absolute atomic E-state index is 12.2. The summed E-state index contributed by atoms with van der Waals surface area (Å²) in [5.74, 6) is -0.543. The number of hydrogen-bond donors (Lipinski definition) is 3. The van der Waals surface area contributed by atoms with E-state index in [0.717, 1.165) is 0 Å². The van der Waals surface area contributed by atoms with Gasteiger partial charge in [0.25, 0.3) is 0 Å². The van der Waals surface area contributed by atoms with E-state index < -0.39 is 43.5 Å². The number of fused-ring (bicyclic) bond motifs is 1. The van der Waals surface area contributed by atoms with Gasteiger partial charge >= 0.3 is 5.97 Å². The van der Waals surface area contributed by atoms with E-state index in [4.69, 9.17) is 21.3 Å². The van der Waals surface area contributed by atoms with Crippen molar-refractivity contribution in [3.05, 3.63) is 6.33 Å². The van der Waals surface area contributed by atoms with Crippen molar-refractivity contribution >= 4 is 23.1 Å². The average Bonchev–Trinajstić information content (AvgIpc) is 3.22. The second kappa shape index (κ2) is 8.03. The van der Waals surface area contributed by atoms with E-state index >= 15 is 0 Å². The summed E-state index contributed by atoms with van der Waals surface area (Å²) in [4.78, 5) is 24.4. The van der Waals surface area contributed by atoms with E-state index in [0.29, 0.717) is 11.9 Å². The summed E-state index contributed by atoms with van der Waals surface area (Å²) in [5.41, 5.74) is 6.28. The minimum atomic E-state index is -1.27. The number of ether oxygens (including phenoxy) is 3. The van der Waals surface area contributed by atoms with E-state index in [9.17, 15) is 15.0 Å². The van der Waals surface area contributed by atoms with Gasteiger partial charge in [0.1, 0.15) is 12.2 Å². The van der Waals surface area contributed by atoms with Crippen LogP contribution in [0.3, 0.4) is 0 Å². The highest BCUT2D eigenvalue weighted by atomic mass is 16.6. The lowest BCUT2D eigenvalue weighted by Crippen LogP contribution is -2.37. The van der Waals surface area contributed by atoms with E-state index in [1.165, 1.54) is 18.0 Å². The van der Waals surface area contributed by atoms with Gasteiger partial charge in [-0.05, 0) is 6.40 Å². The molecular weight excluding hydrogens is 358 g/mol. The Morgan fingerprint density at radius 3 is 2.96 bits per heavy atom. The van der Waals surface area contributed by atoms with E-state index in [1.807, 2.05) is 0 Å². The Hall–Kier alpha value is -2.50. The van der Waals surface area contributed by atoms with Crippen LogP contribution in [0.5, 0.6) is 5.88 Å². The summed E-state index contributed by atoms with van der Waals surface area (Å²) in [6.07, 6.45) is -3.25. The minimum Gasteiger partial charge on any atom is -0.479 e. The van der Waals surface area contributed by atoms with Crippen molar-refractivity contribution in [1.29, 1.82) is 0 Å². The van der Waals surface area contributed by atoms with Gasteiger partial charge in [-0.15, -0.1) is 0 Å². The van der Waals surface area contributed by atoms with Crippen molar-refractivity contribution < 1.29 is 30.6 Å². The Morgan fingerprint density at radius 1 is 1.52 bits per heavy atom. The smallest absolute Gasteiger partial charge is 0.306 e. The molecule has 0 spiro atoms. The van der Waals surface area contributed by atoms with E-state index in [1.54, 1.807) is 6.92 Å². The highest BCUT2D eigenvalue weighted by molar-refractivity contribution is 5.77. The molecule has 27 heavy (non-hydrogen) atoms. The molecule has 1 aliphatic heterocycles. The van der Waals surface area contributed by atoms with Crippen LogP contribution in [-0.2, 0) is 14.3 Å². The predicted octanol–water partition coefficient (Wildman–Crippen LogP) is -0.230. The van der Waals surface area contributed by atoms with Gasteiger partial charge in [-0.25, -0.2) is 4.98 Å². The zero-order valence-electron chi connectivity index (χ0n) is 16.0. The highest BCUT2D eigenvalue weighted by Crippen LogP contribution is 2.35. The molecule has 2 unspecified atom stereocenters. The number of nitrogen functional groups attached to an aromatic ring is 1. The number of anilines is 1. The van der Waals surface area contributed by atoms with Crippen molar-refractivity contribution in [1.82, 2.24) is 19.5 Å². The van der Waals surface area contributed by atoms with Crippen LogP contribution in [0.15, 0.2) is 6.33 Å². The number of aliphatic hydroxyl groups is 2. The number of imidazole rings is 1. The topological polar surface area (TPSA) is 155 Å². The molecule has 0 amide bonds. The highest BCUT2D eigenvalue weighted by Gasteiger charge is 2.47. The molecule has 3 rings (SSSR count). The van der Waals surface area contributed by atoms with Crippen LogP contribution in [0.2, 0.25) is 0 Å². The number of esters is 1. The van der Waals surface area contributed by atoms with Gasteiger partial charge in [-0.1, -0.05) is 13.3 Å². The summed E-state index contributed by atoms with van der Waals surface area (Å²) in [6, 6.07) is 0. The summed E-state index contributed by atoms with van der Waals surface area (Å²) < 4.78 is 25.4. The van der Waals surface area contributed by atoms with Crippen LogP contribution in [0.25, 0.3) is 11.2 Å². The number of aromatic nitrogens is 4. The van der Waals surface area contributed by atoms with Gasteiger partial charge in [0.05, 0.1) is 20.0 Å². The first-order valence-electron chi connectivity index (χ1n) is 9.07. The third kappa shape index (κ3) is 3.66. The lowest BCUT2D eigenvalue weighted by molar-refractivity contribution is -0.158. The van der Waals surface area contributed by atoms with Gasteiger partial charge in [-0.3, -0.25) is 9.36 Å². The van der Waals surface area contributed by atoms with Gasteiger partial charge in [0, 0.05) is 7.79 Å². The molecule has 148 valence electrons. The van der Waals surface area contributed by atoms with Crippen molar-refractivity contribution in [2.75, 3.05) is 19.5 Å². The maximum atomic E-state index is 12.2. The van der Waals surface area contributed by atoms with E-state index in [-0.39, 0.29) is 23.9 Å². The van der Waals surface area contributed by atoms with Crippen LogP contribution in [0.1, 0.15) is 33.8 Å². The number of hydrogen-bond acceptors (Lipinski definition) is 10. The third-order valence-corrected chi connectivity index (χ3v) is 4.23. The Balaban J connectivity index is 1.95. The number of carbonyl (C=O) groups excluding carboxylic acids is 1. The Morgan fingerprint density at radius 2 is 2.30 bits per heavy atom. The molecule has 11 nitrogen and oxygen atoms in total. The first-order valence-corrected chi connectivity index (χ1v) is 8.49. The summed E-state index contributed by atoms with van der Waals surface area (Å²) in [7, 11) is 1.41. The zero-order valence-corrected chi connectivity index (χ0v) is 15.0. The quantitative estimate of drug-likeness (QED) is 0.547. The molecule has 0 radical (unpaired) electrons. The predicted molar refractivity (Wildman–Crippen MR) is 92.7 cm³/mol. The maximum Gasteiger partial charge on any atom is 0.306 e. The van der Waals surface area contributed by atoms with Gasteiger partial charge in [0.2, 0.25) is 11.8 Å². The lowest BCUT2D eigenvalue weighted by Gasteiger charge is -2.22. The average molecular weight is 382 g/mol. The SMILES string of the molecule is [2H]C(CC)CC(=O)O[C@@H]1C(n2cnc3c(OC)nc(N)nc32)O[C@H](CO)[C@H]1O. The third-order valence-electron chi connectivity index (χ3n) is 4.23. The Bertz CT molecular complexity index is 848. The van der Waals surface area contributed by atoms with Crippen molar-refractivity contribution in [2.24, 2.45) is 0 Å². The number of nitrogens with two attached hydrogens (primary N) is 1. The fourth-order valence-electron chi connectivity index (χ4n) is 2.92. The number of rotatable bonds is 7. The van der Waals surface area contributed by atoms with Crippen LogP contribution in [0, 0.1) is 0 Å². The standard InChI is InChI=1S/C16H23N5O6/c1-3-4-5-9(23)27-12-11(24)8(6-22)26-15(12)21-7-18-10-13(21)19-16(17)20-14(10)25-2/h7-8,11-12,15,22,24H,3-6H2,1-2H3,(H2,17,19,20)/t8-,11-,12+,15?/m1/s1/i4D/t4?,8-,11-,12+,15?. The monoisotopic (exact) mass is 382 g/mol. The van der Waals surface area contributed by atoms with Crippen LogP contribution < -0.4 is 10.5 Å². The molecule has 1 saturated heterocycles. The van der Waals surface area contributed by atoms with Crippen molar-refractivity contribution in [2.45, 2.75) is 50.7 Å². The molecule has 0 bridgehead atoms. The van der Waals surface area contributed by atoms with Crippen molar-refractivity contribution in [3.63, 3.8) is 0 Å². The molecule has 0 saturated carbocycles. The molecule has 4 N–H and O–H groups in total. The fraction of sp³-hybridized carbons (Fsp3) is 0.625.